The number of nitrogens with zero attached hydrogens (tertiary/aromatic N) is 3. The van der Waals surface area contributed by atoms with Crippen molar-refractivity contribution in [1.82, 2.24) is 14.8 Å². The van der Waals surface area contributed by atoms with Crippen molar-refractivity contribution in [2.24, 2.45) is 0 Å². The second-order valence-corrected chi connectivity index (χ2v) is 9.51. The van der Waals surface area contributed by atoms with Gasteiger partial charge in [-0.25, -0.2) is 14.2 Å². The summed E-state index contributed by atoms with van der Waals surface area (Å²) in [6.45, 7) is 2.75. The van der Waals surface area contributed by atoms with Crippen LogP contribution in [-0.2, 0) is 11.2 Å². The number of morpholine rings is 1. The minimum Gasteiger partial charge on any atom is -0.448 e. The number of hydrogen-bond donors (Lipinski definition) is 0. The molecule has 2 amide bonds. The number of oxazole rings is 1. The third-order valence-electron chi connectivity index (χ3n) is 6.81. The SMILES string of the molecule is O=C(N1CCOCC1)N1CC(c2ccc(OC(F)(F)F)cc2)CC(c2nc(Cc3ccc(F)cc3)co2)C1. The lowest BCUT2D eigenvalue weighted by Gasteiger charge is -2.40. The van der Waals surface area contributed by atoms with Gasteiger partial charge in [0, 0.05) is 38.5 Å². The van der Waals surface area contributed by atoms with Crippen LogP contribution in [0.25, 0.3) is 0 Å². The van der Waals surface area contributed by atoms with E-state index in [4.69, 9.17) is 9.15 Å². The molecule has 2 aromatic carbocycles. The van der Waals surface area contributed by atoms with Crippen LogP contribution in [0, 0.1) is 5.82 Å². The summed E-state index contributed by atoms with van der Waals surface area (Å²) in [7, 11) is 0. The largest absolute Gasteiger partial charge is 0.573 e. The lowest BCUT2D eigenvalue weighted by atomic mass is 9.84. The van der Waals surface area contributed by atoms with E-state index in [0.29, 0.717) is 63.8 Å². The molecule has 0 bridgehead atoms. The number of aromatic nitrogens is 1. The maximum absolute atomic E-state index is 13.4. The third-order valence-corrected chi connectivity index (χ3v) is 6.81. The van der Waals surface area contributed by atoms with Crippen molar-refractivity contribution in [3.8, 4) is 5.75 Å². The fraction of sp³-hybridized carbons (Fsp3) is 0.407. The van der Waals surface area contributed by atoms with Crippen molar-refractivity contribution in [2.45, 2.75) is 31.0 Å². The quantitative estimate of drug-likeness (QED) is 0.415. The standard InChI is InChI=1S/C27H27F4N3O4/c28-22-5-1-18(2-6-22)13-23-17-37-25(32-23)21-14-20(19-3-7-24(8-4-19)38-27(29,30)31)15-34(16-21)26(35)33-9-11-36-12-10-33/h1-8,17,20-21H,9-16H2. The van der Waals surface area contributed by atoms with Gasteiger partial charge in [0.25, 0.3) is 0 Å². The highest BCUT2D eigenvalue weighted by Gasteiger charge is 2.36. The Balaban J connectivity index is 1.35. The molecule has 2 unspecified atom stereocenters. The summed E-state index contributed by atoms with van der Waals surface area (Å²) in [6, 6.07) is 11.8. The highest BCUT2D eigenvalue weighted by Crippen LogP contribution is 2.37. The van der Waals surface area contributed by atoms with Crippen molar-refractivity contribution in [2.75, 3.05) is 39.4 Å². The van der Waals surface area contributed by atoms with Crippen LogP contribution in [0.2, 0.25) is 0 Å². The second-order valence-electron chi connectivity index (χ2n) is 9.51. The number of amides is 2. The molecular formula is C27H27F4N3O4. The van der Waals surface area contributed by atoms with Crippen LogP contribution in [-0.4, -0.2) is 66.6 Å². The monoisotopic (exact) mass is 533 g/mol. The molecule has 3 heterocycles. The fourth-order valence-electron chi connectivity index (χ4n) is 4.97. The van der Waals surface area contributed by atoms with E-state index < -0.39 is 6.36 Å². The zero-order valence-electron chi connectivity index (χ0n) is 20.5. The number of benzene rings is 2. The maximum Gasteiger partial charge on any atom is 0.573 e. The van der Waals surface area contributed by atoms with E-state index in [1.165, 1.54) is 24.3 Å². The molecule has 38 heavy (non-hydrogen) atoms. The summed E-state index contributed by atoms with van der Waals surface area (Å²) in [5, 5.41) is 0. The summed E-state index contributed by atoms with van der Waals surface area (Å²) in [4.78, 5) is 21.5. The average Bonchev–Trinajstić information content (AvgIpc) is 3.38. The highest BCUT2D eigenvalue weighted by molar-refractivity contribution is 5.75. The van der Waals surface area contributed by atoms with Gasteiger partial charge in [-0.1, -0.05) is 24.3 Å². The fourth-order valence-corrected chi connectivity index (χ4v) is 4.97. The molecule has 2 atom stereocenters. The van der Waals surface area contributed by atoms with Crippen LogP contribution in [0.4, 0.5) is 22.4 Å². The third kappa shape index (κ3) is 6.45. The number of carbonyl (C=O) groups is 1. The minimum absolute atomic E-state index is 0.113. The smallest absolute Gasteiger partial charge is 0.448 e. The van der Waals surface area contributed by atoms with E-state index in [9.17, 15) is 22.4 Å². The van der Waals surface area contributed by atoms with Crippen LogP contribution < -0.4 is 4.74 Å². The molecule has 0 N–H and O–H groups in total. The topological polar surface area (TPSA) is 68.0 Å². The normalized spacial score (nSPS) is 20.4. The Morgan fingerprint density at radius 3 is 2.34 bits per heavy atom. The molecule has 0 radical (unpaired) electrons. The Hall–Kier alpha value is -3.60. The molecule has 7 nitrogen and oxygen atoms in total. The van der Waals surface area contributed by atoms with Gasteiger partial charge in [-0.2, -0.15) is 0 Å². The molecular weight excluding hydrogens is 506 g/mol. The molecule has 2 saturated heterocycles. The Bertz CT molecular complexity index is 1220. The van der Waals surface area contributed by atoms with Crippen LogP contribution in [0.15, 0.2) is 59.2 Å². The first-order valence-electron chi connectivity index (χ1n) is 12.4. The van der Waals surface area contributed by atoms with Gasteiger partial charge in [-0.3, -0.25) is 0 Å². The van der Waals surface area contributed by atoms with Crippen molar-refractivity contribution in [1.29, 1.82) is 0 Å². The van der Waals surface area contributed by atoms with Gasteiger partial charge in [-0.15, -0.1) is 13.2 Å². The number of likely N-dealkylation sites (tertiary alicyclic amines) is 1. The van der Waals surface area contributed by atoms with E-state index >= 15 is 0 Å². The molecule has 0 saturated carbocycles. The molecule has 0 spiro atoms. The molecule has 2 aliphatic heterocycles. The first kappa shape index (κ1) is 26.0. The number of carbonyl (C=O) groups excluding carboxylic acids is 1. The summed E-state index contributed by atoms with van der Waals surface area (Å²) < 4.78 is 66.2. The molecule has 11 heteroatoms. The Kier molecular flexibility index (Phi) is 7.55. The molecule has 202 valence electrons. The van der Waals surface area contributed by atoms with E-state index in [1.54, 1.807) is 40.3 Å². The summed E-state index contributed by atoms with van der Waals surface area (Å²) >= 11 is 0. The molecule has 2 aliphatic rings. The summed E-state index contributed by atoms with van der Waals surface area (Å²) in [5.74, 6) is -0.486. The molecule has 5 rings (SSSR count). The van der Waals surface area contributed by atoms with Gasteiger partial charge in [0.2, 0.25) is 0 Å². The van der Waals surface area contributed by atoms with Crippen molar-refractivity contribution >= 4 is 6.03 Å². The zero-order valence-corrected chi connectivity index (χ0v) is 20.5. The lowest BCUT2D eigenvalue weighted by Crippen LogP contribution is -2.52. The number of rotatable bonds is 5. The minimum atomic E-state index is -4.77. The van der Waals surface area contributed by atoms with Gasteiger partial charge in [-0.05, 0) is 41.8 Å². The van der Waals surface area contributed by atoms with E-state index in [-0.39, 0.29) is 29.4 Å². The summed E-state index contributed by atoms with van der Waals surface area (Å²) in [5.41, 5.74) is 2.37. The maximum atomic E-state index is 13.4. The Morgan fingerprint density at radius 2 is 1.66 bits per heavy atom. The Morgan fingerprint density at radius 1 is 0.974 bits per heavy atom. The van der Waals surface area contributed by atoms with Gasteiger partial charge in [0.15, 0.2) is 5.89 Å². The molecule has 2 fully saturated rings. The predicted octanol–water partition coefficient (Wildman–Crippen LogP) is 5.33. The van der Waals surface area contributed by atoms with Gasteiger partial charge in [0.05, 0.1) is 24.8 Å². The van der Waals surface area contributed by atoms with Crippen molar-refractivity contribution in [3.63, 3.8) is 0 Å². The molecule has 1 aromatic heterocycles. The predicted molar refractivity (Wildman–Crippen MR) is 128 cm³/mol. The number of alkyl halides is 3. The first-order chi connectivity index (χ1) is 18.2. The number of halogens is 4. The summed E-state index contributed by atoms with van der Waals surface area (Å²) in [6.07, 6.45) is -2.13. The molecule has 0 aliphatic carbocycles. The van der Waals surface area contributed by atoms with Crippen molar-refractivity contribution in [3.05, 3.63) is 83.3 Å². The number of urea groups is 1. The second kappa shape index (κ2) is 11.0. The van der Waals surface area contributed by atoms with Crippen LogP contribution in [0.3, 0.4) is 0 Å². The number of piperidine rings is 1. The molecule has 3 aromatic rings. The average molecular weight is 534 g/mol. The van der Waals surface area contributed by atoms with E-state index in [2.05, 4.69) is 9.72 Å². The number of hydrogen-bond acceptors (Lipinski definition) is 5. The van der Waals surface area contributed by atoms with Gasteiger partial charge >= 0.3 is 12.4 Å². The van der Waals surface area contributed by atoms with Crippen molar-refractivity contribution < 1.29 is 36.2 Å². The van der Waals surface area contributed by atoms with E-state index in [1.807, 2.05) is 0 Å². The van der Waals surface area contributed by atoms with E-state index in [0.717, 1.165) is 11.1 Å². The zero-order chi connectivity index (χ0) is 26.7. The Labute approximate surface area is 216 Å². The van der Waals surface area contributed by atoms with Gasteiger partial charge < -0.3 is 23.7 Å². The van der Waals surface area contributed by atoms with Crippen LogP contribution in [0.1, 0.15) is 41.0 Å². The lowest BCUT2D eigenvalue weighted by molar-refractivity contribution is -0.274. The highest BCUT2D eigenvalue weighted by atomic mass is 19.4. The first-order valence-corrected chi connectivity index (χ1v) is 12.4. The van der Waals surface area contributed by atoms with Gasteiger partial charge in [0.1, 0.15) is 17.8 Å². The number of ether oxygens (including phenoxy) is 2. The van der Waals surface area contributed by atoms with Crippen LogP contribution in [0.5, 0.6) is 5.75 Å². The van der Waals surface area contributed by atoms with Crippen LogP contribution >= 0.6 is 0 Å².